The minimum atomic E-state index is -3.72. The Balaban J connectivity index is 2.39. The number of benzene rings is 1. The highest BCUT2D eigenvalue weighted by Crippen LogP contribution is 2.31. The van der Waals surface area contributed by atoms with Crippen LogP contribution in [0, 0.1) is 0 Å². The molecule has 114 valence electrons. The van der Waals surface area contributed by atoms with Gasteiger partial charge in [0.05, 0.1) is 6.20 Å². The van der Waals surface area contributed by atoms with Gasteiger partial charge in [-0.25, -0.2) is 13.1 Å². The Hall–Kier alpha value is -1.15. The van der Waals surface area contributed by atoms with Gasteiger partial charge in [-0.15, -0.1) is 5.10 Å². The smallest absolute Gasteiger partial charge is 0.236 e. The van der Waals surface area contributed by atoms with Crippen molar-refractivity contribution in [2.75, 3.05) is 7.05 Å². The molecule has 1 atom stereocenters. The van der Waals surface area contributed by atoms with Crippen LogP contribution in [-0.2, 0) is 17.1 Å². The monoisotopic (exact) mass is 348 g/mol. The van der Waals surface area contributed by atoms with Gasteiger partial charge in [-0.05, 0) is 24.6 Å². The quantitative estimate of drug-likeness (QED) is 0.851. The van der Waals surface area contributed by atoms with E-state index in [0.29, 0.717) is 15.6 Å². The Labute approximate surface area is 133 Å². The molecule has 0 saturated heterocycles. The topological polar surface area (TPSA) is 68.1 Å². The highest BCUT2D eigenvalue weighted by molar-refractivity contribution is 7.89. The number of halogens is 2. The maximum atomic E-state index is 12.6. The van der Waals surface area contributed by atoms with Gasteiger partial charge in [0.1, 0.15) is 0 Å². The Kier molecular flexibility index (Phi) is 4.57. The molecule has 0 spiro atoms. The van der Waals surface area contributed by atoms with Gasteiger partial charge in [0.25, 0.3) is 10.0 Å². The van der Waals surface area contributed by atoms with Gasteiger partial charge in [0, 0.05) is 30.2 Å². The van der Waals surface area contributed by atoms with E-state index in [4.69, 9.17) is 23.2 Å². The zero-order valence-electron chi connectivity index (χ0n) is 11.7. The van der Waals surface area contributed by atoms with Crippen LogP contribution < -0.4 is 0 Å². The van der Waals surface area contributed by atoms with Crippen LogP contribution in [0.15, 0.2) is 29.4 Å². The molecule has 0 radical (unpaired) electrons. The van der Waals surface area contributed by atoms with Crippen molar-refractivity contribution >= 4 is 33.2 Å². The number of hydrogen-bond acceptors (Lipinski definition) is 4. The first kappa shape index (κ1) is 16.2. The lowest BCUT2D eigenvalue weighted by atomic mass is 10.1. The summed E-state index contributed by atoms with van der Waals surface area (Å²) in [5.74, 6) is 0. The first-order valence-electron chi connectivity index (χ1n) is 6.03. The highest BCUT2D eigenvalue weighted by atomic mass is 35.5. The van der Waals surface area contributed by atoms with Crippen molar-refractivity contribution in [1.82, 2.24) is 19.3 Å². The normalized spacial score (nSPS) is 13.6. The molecular formula is C12H14Cl2N4O2S. The first-order valence-corrected chi connectivity index (χ1v) is 8.22. The second kappa shape index (κ2) is 5.92. The zero-order valence-corrected chi connectivity index (χ0v) is 14.0. The second-order valence-electron chi connectivity index (χ2n) is 4.56. The molecule has 0 amide bonds. The van der Waals surface area contributed by atoms with E-state index in [1.165, 1.54) is 29.3 Å². The minimum Gasteiger partial charge on any atom is -0.236 e. The maximum Gasteiger partial charge on any atom is 0.262 e. The predicted octanol–water partition coefficient (Wildman–Crippen LogP) is 2.50. The van der Waals surface area contributed by atoms with Gasteiger partial charge in [0.2, 0.25) is 0 Å². The summed E-state index contributed by atoms with van der Waals surface area (Å²) in [4.78, 5) is 0. The molecule has 1 aromatic heterocycles. The number of aryl methyl sites for hydroxylation is 1. The fourth-order valence-corrected chi connectivity index (χ4v) is 3.85. The minimum absolute atomic E-state index is 0.0157. The lowest BCUT2D eigenvalue weighted by molar-refractivity contribution is 0.393. The summed E-state index contributed by atoms with van der Waals surface area (Å²) in [5, 5.41) is 8.17. The van der Waals surface area contributed by atoms with Gasteiger partial charge < -0.3 is 0 Å². The van der Waals surface area contributed by atoms with Crippen molar-refractivity contribution in [3.8, 4) is 0 Å². The molecule has 6 nitrogen and oxygen atoms in total. The summed E-state index contributed by atoms with van der Waals surface area (Å²) < 4.78 is 27.6. The summed E-state index contributed by atoms with van der Waals surface area (Å²) in [6, 6.07) is 4.50. The van der Waals surface area contributed by atoms with E-state index in [-0.39, 0.29) is 5.03 Å². The van der Waals surface area contributed by atoms with Gasteiger partial charge in [-0.1, -0.05) is 34.5 Å². The second-order valence-corrected chi connectivity index (χ2v) is 7.35. The Morgan fingerprint density at radius 1 is 1.33 bits per heavy atom. The number of hydrogen-bond donors (Lipinski definition) is 0. The van der Waals surface area contributed by atoms with Crippen LogP contribution in [0.5, 0.6) is 0 Å². The molecule has 2 rings (SSSR count). The molecule has 2 aromatic rings. The first-order chi connectivity index (χ1) is 9.75. The number of nitrogens with zero attached hydrogens (tertiary/aromatic N) is 4. The Morgan fingerprint density at radius 2 is 2.00 bits per heavy atom. The molecule has 0 aliphatic carbocycles. The van der Waals surface area contributed by atoms with Crippen molar-refractivity contribution < 1.29 is 8.42 Å². The molecule has 1 aromatic carbocycles. The molecular weight excluding hydrogens is 335 g/mol. The highest BCUT2D eigenvalue weighted by Gasteiger charge is 2.30. The molecule has 0 saturated carbocycles. The standard InChI is InChI=1S/C12H14Cl2N4O2S/c1-8(10-5-4-9(13)6-11(10)14)18(3)21(19,20)12-7-15-16-17(12)2/h4-8H,1-3H3. The maximum absolute atomic E-state index is 12.6. The molecule has 0 N–H and O–H groups in total. The van der Waals surface area contributed by atoms with E-state index in [2.05, 4.69) is 10.3 Å². The van der Waals surface area contributed by atoms with E-state index in [0.717, 1.165) is 0 Å². The zero-order chi connectivity index (χ0) is 15.8. The Morgan fingerprint density at radius 3 is 2.52 bits per heavy atom. The Bertz CT molecular complexity index is 760. The number of rotatable bonds is 4. The van der Waals surface area contributed by atoms with Gasteiger partial charge in [0.15, 0.2) is 5.03 Å². The van der Waals surface area contributed by atoms with E-state index in [1.807, 2.05) is 0 Å². The largest absolute Gasteiger partial charge is 0.262 e. The molecule has 0 fully saturated rings. The summed E-state index contributed by atoms with van der Waals surface area (Å²) in [5.41, 5.74) is 0.669. The van der Waals surface area contributed by atoms with Crippen LogP contribution in [0.25, 0.3) is 0 Å². The van der Waals surface area contributed by atoms with Crippen LogP contribution in [-0.4, -0.2) is 34.8 Å². The molecule has 0 aliphatic heterocycles. The van der Waals surface area contributed by atoms with E-state index >= 15 is 0 Å². The van der Waals surface area contributed by atoms with Crippen molar-refractivity contribution in [3.63, 3.8) is 0 Å². The van der Waals surface area contributed by atoms with E-state index in [9.17, 15) is 8.42 Å². The lowest BCUT2D eigenvalue weighted by Crippen LogP contribution is -2.31. The third-order valence-corrected chi connectivity index (χ3v) is 5.81. The molecule has 1 heterocycles. The predicted molar refractivity (Wildman–Crippen MR) is 80.8 cm³/mol. The van der Waals surface area contributed by atoms with E-state index < -0.39 is 16.1 Å². The van der Waals surface area contributed by atoms with Gasteiger partial charge in [-0.2, -0.15) is 4.31 Å². The molecule has 0 bridgehead atoms. The molecule has 21 heavy (non-hydrogen) atoms. The van der Waals surface area contributed by atoms with E-state index in [1.54, 1.807) is 25.1 Å². The third-order valence-electron chi connectivity index (χ3n) is 3.27. The van der Waals surface area contributed by atoms with Crippen molar-refractivity contribution in [2.24, 2.45) is 7.05 Å². The van der Waals surface area contributed by atoms with Crippen LogP contribution in [0.4, 0.5) is 0 Å². The van der Waals surface area contributed by atoms with Gasteiger partial charge >= 0.3 is 0 Å². The van der Waals surface area contributed by atoms with Crippen molar-refractivity contribution in [2.45, 2.75) is 18.0 Å². The van der Waals surface area contributed by atoms with Crippen LogP contribution in [0.3, 0.4) is 0 Å². The fourth-order valence-electron chi connectivity index (χ4n) is 1.91. The molecule has 1 unspecified atom stereocenters. The summed E-state index contributed by atoms with van der Waals surface area (Å²) >= 11 is 12.0. The lowest BCUT2D eigenvalue weighted by Gasteiger charge is -2.25. The average Bonchev–Trinajstić information content (AvgIpc) is 2.84. The summed E-state index contributed by atoms with van der Waals surface area (Å²) in [6.45, 7) is 1.75. The van der Waals surface area contributed by atoms with Crippen LogP contribution in [0.1, 0.15) is 18.5 Å². The number of sulfonamides is 1. The summed E-state index contributed by atoms with van der Waals surface area (Å²) in [6.07, 6.45) is 1.21. The third kappa shape index (κ3) is 3.06. The fraction of sp³-hybridized carbons (Fsp3) is 0.333. The average molecular weight is 349 g/mol. The molecule has 9 heteroatoms. The SMILES string of the molecule is CC(c1ccc(Cl)cc1Cl)N(C)S(=O)(=O)c1cnnn1C. The summed E-state index contributed by atoms with van der Waals surface area (Å²) in [7, 11) is -0.715. The number of aromatic nitrogens is 3. The van der Waals surface area contributed by atoms with Crippen LogP contribution >= 0.6 is 23.2 Å². The molecule has 0 aliphatic rings. The van der Waals surface area contributed by atoms with Gasteiger partial charge in [-0.3, -0.25) is 0 Å². The van der Waals surface area contributed by atoms with Crippen LogP contribution in [0.2, 0.25) is 10.0 Å². The van der Waals surface area contributed by atoms with Crippen molar-refractivity contribution in [3.05, 3.63) is 40.0 Å². The van der Waals surface area contributed by atoms with Crippen molar-refractivity contribution in [1.29, 1.82) is 0 Å².